The van der Waals surface area contributed by atoms with E-state index in [9.17, 15) is 0 Å². The average Bonchev–Trinajstić information content (AvgIpc) is 2.08. The van der Waals surface area contributed by atoms with Gasteiger partial charge in [0.05, 0.1) is 6.61 Å². The average molecular weight is 205 g/mol. The zero-order valence-electron chi connectivity index (χ0n) is 6.62. The van der Waals surface area contributed by atoms with E-state index in [2.05, 4.69) is 9.97 Å². The van der Waals surface area contributed by atoms with Gasteiger partial charge in [0.2, 0.25) is 0 Å². The quantitative estimate of drug-likeness (QED) is 0.599. The van der Waals surface area contributed by atoms with E-state index in [1.54, 1.807) is 0 Å². The Bertz CT molecular complexity index is 270. The first-order valence-electron chi connectivity index (χ1n) is 3.46. The number of aliphatic hydroxyl groups excluding tert-OH is 1. The number of rotatable bonds is 3. The highest BCUT2D eigenvalue weighted by Gasteiger charge is 2.04. The van der Waals surface area contributed by atoms with Gasteiger partial charge in [-0.1, -0.05) is 11.6 Å². The molecule has 1 aromatic heterocycles. The van der Waals surface area contributed by atoms with Crippen LogP contribution < -0.4 is 0 Å². The Kier molecular flexibility index (Phi) is 3.78. The Hall–Kier alpha value is -0.320. The molecule has 5 heteroatoms. The third kappa shape index (κ3) is 2.33. The molecule has 0 saturated carbocycles. The first-order valence-corrected chi connectivity index (χ1v) is 4.83. The summed E-state index contributed by atoms with van der Waals surface area (Å²) in [6.45, 7) is 2.01. The topological polar surface area (TPSA) is 46.0 Å². The highest BCUT2D eigenvalue weighted by molar-refractivity contribution is 7.99. The van der Waals surface area contributed by atoms with Crippen molar-refractivity contribution in [1.29, 1.82) is 0 Å². The Morgan fingerprint density at radius 2 is 2.33 bits per heavy atom. The lowest BCUT2D eigenvalue weighted by molar-refractivity contribution is 0.322. The van der Waals surface area contributed by atoms with E-state index in [0.717, 1.165) is 10.6 Å². The van der Waals surface area contributed by atoms with Gasteiger partial charge in [0.15, 0.2) is 0 Å². The molecule has 0 fully saturated rings. The van der Waals surface area contributed by atoms with E-state index in [1.165, 1.54) is 18.1 Å². The third-order valence-electron chi connectivity index (χ3n) is 1.31. The summed E-state index contributed by atoms with van der Waals surface area (Å²) in [5.41, 5.74) is 0.873. The second kappa shape index (κ2) is 4.64. The molecule has 0 aliphatic rings. The van der Waals surface area contributed by atoms with Crippen molar-refractivity contribution in [3.05, 3.63) is 17.0 Å². The van der Waals surface area contributed by atoms with Crippen molar-refractivity contribution >= 4 is 23.4 Å². The minimum absolute atomic E-state index is 0.145. The minimum Gasteiger partial charge on any atom is -0.396 e. The predicted molar refractivity (Wildman–Crippen MR) is 49.6 cm³/mol. The molecule has 0 unspecified atom stereocenters. The fourth-order valence-electron chi connectivity index (χ4n) is 0.702. The molecular weight excluding hydrogens is 196 g/mol. The summed E-state index contributed by atoms with van der Waals surface area (Å²) in [5.74, 6) is 0.633. The fraction of sp³-hybridized carbons (Fsp3) is 0.429. The molecule has 1 rings (SSSR count). The molecule has 0 radical (unpaired) electrons. The van der Waals surface area contributed by atoms with E-state index >= 15 is 0 Å². The second-order valence-electron chi connectivity index (χ2n) is 2.17. The van der Waals surface area contributed by atoms with Crippen molar-refractivity contribution in [3.63, 3.8) is 0 Å². The standard InChI is InChI=1S/C7H9ClN2OS/c1-5-6(8)9-4-10-7(5)12-3-2-11/h4,11H,2-3H2,1H3. The monoisotopic (exact) mass is 204 g/mol. The van der Waals surface area contributed by atoms with Gasteiger partial charge in [-0.25, -0.2) is 9.97 Å². The molecular formula is C7H9ClN2OS. The first kappa shape index (κ1) is 9.77. The van der Waals surface area contributed by atoms with Gasteiger partial charge in [-0.2, -0.15) is 0 Å². The van der Waals surface area contributed by atoms with Gasteiger partial charge >= 0.3 is 0 Å². The Balaban J connectivity index is 2.78. The number of halogens is 1. The van der Waals surface area contributed by atoms with Crippen molar-refractivity contribution < 1.29 is 5.11 Å². The van der Waals surface area contributed by atoms with Crippen molar-refractivity contribution in [1.82, 2.24) is 9.97 Å². The van der Waals surface area contributed by atoms with Crippen LogP contribution in [0.5, 0.6) is 0 Å². The predicted octanol–water partition coefficient (Wildman–Crippen LogP) is 1.52. The molecule has 0 amide bonds. The van der Waals surface area contributed by atoms with Crippen LogP contribution in [0.3, 0.4) is 0 Å². The van der Waals surface area contributed by atoms with E-state index in [-0.39, 0.29) is 6.61 Å². The summed E-state index contributed by atoms with van der Waals surface area (Å²) in [5, 5.41) is 9.90. The molecule has 1 N–H and O–H groups in total. The van der Waals surface area contributed by atoms with Crippen molar-refractivity contribution in [3.8, 4) is 0 Å². The van der Waals surface area contributed by atoms with E-state index in [4.69, 9.17) is 16.7 Å². The third-order valence-corrected chi connectivity index (χ3v) is 2.76. The van der Waals surface area contributed by atoms with Gasteiger partial charge < -0.3 is 5.11 Å². The molecule has 0 aromatic carbocycles. The number of hydrogen-bond donors (Lipinski definition) is 1. The normalized spacial score (nSPS) is 10.2. The molecule has 1 aromatic rings. The maximum Gasteiger partial charge on any atom is 0.136 e. The van der Waals surface area contributed by atoms with Gasteiger partial charge in [0.1, 0.15) is 16.5 Å². The van der Waals surface area contributed by atoms with Crippen LogP contribution in [0.2, 0.25) is 5.15 Å². The maximum absolute atomic E-state index is 8.59. The number of hydrogen-bond acceptors (Lipinski definition) is 4. The largest absolute Gasteiger partial charge is 0.396 e. The lowest BCUT2D eigenvalue weighted by Gasteiger charge is -2.02. The molecule has 66 valence electrons. The summed E-state index contributed by atoms with van der Waals surface area (Å²) >= 11 is 7.24. The first-order chi connectivity index (χ1) is 5.75. The molecule has 0 bridgehead atoms. The molecule has 0 aliphatic heterocycles. The Morgan fingerprint density at radius 1 is 1.58 bits per heavy atom. The SMILES string of the molecule is Cc1c(Cl)ncnc1SCCO. The summed E-state index contributed by atoms with van der Waals surface area (Å²) in [6, 6.07) is 0. The number of nitrogens with zero attached hydrogens (tertiary/aromatic N) is 2. The van der Waals surface area contributed by atoms with E-state index < -0.39 is 0 Å². The summed E-state index contributed by atoms with van der Waals surface area (Å²) in [7, 11) is 0. The highest BCUT2D eigenvalue weighted by atomic mass is 35.5. The fourth-order valence-corrected chi connectivity index (χ4v) is 1.61. The molecule has 0 saturated heterocycles. The van der Waals surface area contributed by atoms with Crippen LogP contribution in [-0.4, -0.2) is 27.4 Å². The molecule has 0 spiro atoms. The Morgan fingerprint density at radius 3 is 3.00 bits per heavy atom. The molecule has 0 aliphatic carbocycles. The lowest BCUT2D eigenvalue weighted by atomic mass is 10.4. The van der Waals surface area contributed by atoms with Crippen LogP contribution in [0.1, 0.15) is 5.56 Å². The molecule has 1 heterocycles. The molecule has 3 nitrogen and oxygen atoms in total. The van der Waals surface area contributed by atoms with Gasteiger partial charge in [-0.05, 0) is 6.92 Å². The maximum atomic E-state index is 8.59. The van der Waals surface area contributed by atoms with E-state index in [0.29, 0.717) is 10.9 Å². The van der Waals surface area contributed by atoms with Crippen LogP contribution in [-0.2, 0) is 0 Å². The minimum atomic E-state index is 0.145. The van der Waals surface area contributed by atoms with Crippen LogP contribution in [0.4, 0.5) is 0 Å². The van der Waals surface area contributed by atoms with Gasteiger partial charge in [-0.15, -0.1) is 11.8 Å². The summed E-state index contributed by atoms with van der Waals surface area (Å²) in [4.78, 5) is 7.86. The Labute approximate surface area is 80.2 Å². The van der Waals surface area contributed by atoms with Gasteiger partial charge in [0, 0.05) is 11.3 Å². The van der Waals surface area contributed by atoms with Crippen LogP contribution >= 0.6 is 23.4 Å². The van der Waals surface area contributed by atoms with E-state index in [1.807, 2.05) is 6.92 Å². The van der Waals surface area contributed by atoms with Gasteiger partial charge in [0.25, 0.3) is 0 Å². The molecule has 0 atom stereocenters. The zero-order chi connectivity index (χ0) is 8.97. The van der Waals surface area contributed by atoms with Crippen molar-refractivity contribution in [2.24, 2.45) is 0 Å². The number of aromatic nitrogens is 2. The smallest absolute Gasteiger partial charge is 0.136 e. The van der Waals surface area contributed by atoms with Crippen LogP contribution in [0.15, 0.2) is 11.4 Å². The number of aliphatic hydroxyl groups is 1. The highest BCUT2D eigenvalue weighted by Crippen LogP contribution is 2.22. The van der Waals surface area contributed by atoms with Gasteiger partial charge in [-0.3, -0.25) is 0 Å². The van der Waals surface area contributed by atoms with Crippen LogP contribution in [0.25, 0.3) is 0 Å². The summed E-state index contributed by atoms with van der Waals surface area (Å²) in [6.07, 6.45) is 1.43. The zero-order valence-corrected chi connectivity index (χ0v) is 8.19. The molecule has 12 heavy (non-hydrogen) atoms. The van der Waals surface area contributed by atoms with Crippen molar-refractivity contribution in [2.45, 2.75) is 11.9 Å². The number of thioether (sulfide) groups is 1. The van der Waals surface area contributed by atoms with Crippen LogP contribution in [0, 0.1) is 6.92 Å². The summed E-state index contributed by atoms with van der Waals surface area (Å²) < 4.78 is 0. The lowest BCUT2D eigenvalue weighted by Crippen LogP contribution is -1.92. The second-order valence-corrected chi connectivity index (χ2v) is 3.61. The van der Waals surface area contributed by atoms with Crippen molar-refractivity contribution in [2.75, 3.05) is 12.4 Å².